The molecule has 40 heavy (non-hydrogen) atoms. The van der Waals surface area contributed by atoms with Gasteiger partial charge in [0.25, 0.3) is 0 Å². The lowest BCUT2D eigenvalue weighted by atomic mass is 9.58. The molecule has 0 saturated heterocycles. The monoisotopic (exact) mass is 520 g/mol. The highest BCUT2D eigenvalue weighted by Crippen LogP contribution is 2.52. The second-order valence-electron chi connectivity index (χ2n) is 11.9. The lowest BCUT2D eigenvalue weighted by molar-refractivity contribution is -0.762. The lowest BCUT2D eigenvalue weighted by Gasteiger charge is -2.47. The van der Waals surface area contributed by atoms with E-state index < -0.39 is 0 Å². The highest BCUT2D eigenvalue weighted by molar-refractivity contribution is 5.72. The number of pyridine rings is 2. The van der Waals surface area contributed by atoms with Gasteiger partial charge in [-0.05, 0) is 67.1 Å². The molecule has 0 N–H and O–H groups in total. The summed E-state index contributed by atoms with van der Waals surface area (Å²) in [5.41, 5.74) is 12.5. The largest absolute Gasteiger partial charge is 0.213 e. The second kappa shape index (κ2) is 9.13. The molecule has 2 aliphatic rings. The smallest absolute Gasteiger partial charge is 0.194 e. The fourth-order valence-electron chi connectivity index (χ4n) is 7.40. The van der Waals surface area contributed by atoms with Crippen LogP contribution in [0.2, 0.25) is 0 Å². The third kappa shape index (κ3) is 3.48. The van der Waals surface area contributed by atoms with Gasteiger partial charge in [0, 0.05) is 36.2 Å². The van der Waals surface area contributed by atoms with Gasteiger partial charge in [0.05, 0.1) is 16.6 Å². The van der Waals surface area contributed by atoms with E-state index in [0.717, 1.165) is 19.4 Å². The zero-order valence-corrected chi connectivity index (χ0v) is 23.7. The van der Waals surface area contributed by atoms with Crippen molar-refractivity contribution in [1.29, 1.82) is 0 Å². The van der Waals surface area contributed by atoms with Gasteiger partial charge in [-0.15, -0.1) is 0 Å². The molecule has 3 aromatic carbocycles. The van der Waals surface area contributed by atoms with Crippen LogP contribution in [0.25, 0.3) is 33.6 Å². The highest BCUT2D eigenvalue weighted by Gasteiger charge is 2.60. The van der Waals surface area contributed by atoms with E-state index in [4.69, 9.17) is 6.58 Å². The Hall–Kier alpha value is -4.30. The van der Waals surface area contributed by atoms with Gasteiger partial charge in [0.15, 0.2) is 18.9 Å². The van der Waals surface area contributed by atoms with Crippen molar-refractivity contribution in [2.45, 2.75) is 51.1 Å². The number of rotatable bonds is 1. The van der Waals surface area contributed by atoms with E-state index in [9.17, 15) is 0 Å². The number of allylic oxidation sites excluding steroid dienone is 1. The third-order valence-corrected chi connectivity index (χ3v) is 9.91. The first kappa shape index (κ1) is 24.7. The molecule has 5 aromatic rings. The summed E-state index contributed by atoms with van der Waals surface area (Å²) in [6, 6.07) is 37.8. The minimum Gasteiger partial charge on any atom is -0.194 e. The molecule has 0 amide bonds. The zero-order valence-electron chi connectivity index (χ0n) is 23.7. The summed E-state index contributed by atoms with van der Waals surface area (Å²) in [6.45, 7) is 12.8. The second-order valence-corrected chi connectivity index (χ2v) is 11.9. The van der Waals surface area contributed by atoms with Crippen LogP contribution in [0.5, 0.6) is 0 Å². The molecule has 2 unspecified atom stereocenters. The minimum atomic E-state index is -0.361. The van der Waals surface area contributed by atoms with Crippen molar-refractivity contribution in [2.75, 3.05) is 0 Å². The van der Waals surface area contributed by atoms with Crippen molar-refractivity contribution in [1.82, 2.24) is 0 Å². The average molecular weight is 521 g/mol. The third-order valence-electron chi connectivity index (χ3n) is 9.91. The molecule has 0 spiro atoms. The van der Waals surface area contributed by atoms with E-state index in [1.165, 1.54) is 55.9 Å². The molecule has 0 bridgehead atoms. The quantitative estimate of drug-likeness (QED) is 0.158. The van der Waals surface area contributed by atoms with Crippen LogP contribution in [0.15, 0.2) is 128 Å². The Labute approximate surface area is 237 Å². The van der Waals surface area contributed by atoms with Gasteiger partial charge in [-0.25, -0.2) is 0 Å². The van der Waals surface area contributed by atoms with Crippen molar-refractivity contribution in [2.24, 2.45) is 0 Å². The van der Waals surface area contributed by atoms with Crippen LogP contribution in [0.3, 0.4) is 0 Å². The first-order valence-corrected chi connectivity index (χ1v) is 14.4. The van der Waals surface area contributed by atoms with Crippen molar-refractivity contribution in [3.8, 4) is 33.6 Å². The topological polar surface area (TPSA) is 7.76 Å². The predicted molar refractivity (Wildman–Crippen MR) is 163 cm³/mol. The summed E-state index contributed by atoms with van der Waals surface area (Å²) in [6.07, 6.45) is 6.64. The van der Waals surface area contributed by atoms with Crippen LogP contribution in [0, 0.1) is 6.92 Å². The molecular weight excluding hydrogens is 484 g/mol. The summed E-state index contributed by atoms with van der Waals surface area (Å²) in [5, 5.41) is 0. The van der Waals surface area contributed by atoms with Crippen LogP contribution in [-0.2, 0) is 23.9 Å². The molecule has 2 aliphatic heterocycles. The van der Waals surface area contributed by atoms with Crippen LogP contribution in [-0.4, -0.2) is 0 Å². The van der Waals surface area contributed by atoms with E-state index in [2.05, 4.69) is 145 Å². The Balaban J connectivity index is 1.53. The first-order chi connectivity index (χ1) is 19.4. The molecule has 0 aliphatic carbocycles. The van der Waals surface area contributed by atoms with Crippen molar-refractivity contribution in [3.05, 3.63) is 144 Å². The summed E-state index contributed by atoms with van der Waals surface area (Å²) in [4.78, 5) is 0. The summed E-state index contributed by atoms with van der Waals surface area (Å²) in [7, 11) is 0. The minimum absolute atomic E-state index is 0.179. The molecule has 2 nitrogen and oxygen atoms in total. The van der Waals surface area contributed by atoms with E-state index in [1.54, 1.807) is 0 Å². The molecule has 0 fully saturated rings. The molecule has 2 heteroatoms. The maximum absolute atomic E-state index is 4.90. The number of nitrogens with zero attached hydrogens (tertiary/aromatic N) is 2. The zero-order chi connectivity index (χ0) is 27.5. The Morgan fingerprint density at radius 1 is 0.725 bits per heavy atom. The highest BCUT2D eigenvalue weighted by atomic mass is 15.1. The van der Waals surface area contributed by atoms with Gasteiger partial charge in [-0.2, -0.15) is 9.13 Å². The number of aromatic nitrogens is 2. The number of fused-ring (bicyclic) bond motifs is 9. The van der Waals surface area contributed by atoms with Crippen LogP contribution in [0.1, 0.15) is 37.0 Å². The van der Waals surface area contributed by atoms with Crippen molar-refractivity contribution in [3.63, 3.8) is 0 Å². The van der Waals surface area contributed by atoms with Crippen LogP contribution in [0.4, 0.5) is 0 Å². The van der Waals surface area contributed by atoms with Crippen LogP contribution < -0.4 is 9.13 Å². The predicted octanol–water partition coefficient (Wildman–Crippen LogP) is 7.76. The number of aryl methyl sites for hydroxylation is 2. The fourth-order valence-corrected chi connectivity index (χ4v) is 7.40. The molecule has 4 heterocycles. The van der Waals surface area contributed by atoms with Crippen LogP contribution >= 0.6 is 0 Å². The van der Waals surface area contributed by atoms with E-state index >= 15 is 0 Å². The SMILES string of the molecule is C=C1C[n+]2ccccc2-c2ccccc2CCC2(C)c3ccccc3-c3cc(C)c(-c4ccccc4)c[n+]3C12C. The molecule has 2 atom stereocenters. The average Bonchev–Trinajstić information content (AvgIpc) is 2.99. The Morgan fingerprint density at radius 2 is 1.43 bits per heavy atom. The maximum Gasteiger partial charge on any atom is 0.213 e. The van der Waals surface area contributed by atoms with Crippen molar-refractivity contribution >= 4 is 0 Å². The van der Waals surface area contributed by atoms with Gasteiger partial charge < -0.3 is 0 Å². The van der Waals surface area contributed by atoms with Gasteiger partial charge in [-0.3, -0.25) is 0 Å². The number of hydrogen-bond donors (Lipinski definition) is 0. The van der Waals surface area contributed by atoms with Gasteiger partial charge >= 0.3 is 0 Å². The van der Waals surface area contributed by atoms with Gasteiger partial charge in [0.1, 0.15) is 0 Å². The Kier molecular flexibility index (Phi) is 5.64. The molecule has 7 rings (SSSR count). The Morgan fingerprint density at radius 3 is 2.25 bits per heavy atom. The molecule has 0 saturated carbocycles. The van der Waals surface area contributed by atoms with Crippen molar-refractivity contribution < 1.29 is 9.13 Å². The lowest BCUT2D eigenvalue weighted by Crippen LogP contribution is -2.70. The summed E-state index contributed by atoms with van der Waals surface area (Å²) in [5.74, 6) is 0. The van der Waals surface area contributed by atoms with E-state index in [0.29, 0.717) is 0 Å². The molecule has 0 radical (unpaired) electrons. The molecule has 2 aromatic heterocycles. The molecular formula is C38H36N2+2. The van der Waals surface area contributed by atoms with Gasteiger partial charge in [-0.1, -0.05) is 73.3 Å². The summed E-state index contributed by atoms with van der Waals surface area (Å²) >= 11 is 0. The standard InChI is InChI=1S/C38H36N2/c1-27-24-36-32-18-10-11-19-34(32)37(3)22-21-30-16-8-9-17-31(30)35-20-12-13-23-39(35)25-28(2)38(37,4)40(36)26-33(27)29-14-6-5-7-15-29/h5-20,23-24,26H,2,21-22,25H2,1,3-4H3/q+2. The van der Waals surface area contributed by atoms with Gasteiger partial charge in [0.2, 0.25) is 16.9 Å². The number of hydrogen-bond acceptors (Lipinski definition) is 0. The Bertz CT molecular complexity index is 1780. The van der Waals surface area contributed by atoms with E-state index in [1.807, 2.05) is 0 Å². The number of benzene rings is 3. The summed E-state index contributed by atoms with van der Waals surface area (Å²) < 4.78 is 4.97. The van der Waals surface area contributed by atoms with E-state index in [-0.39, 0.29) is 11.0 Å². The fraction of sp³-hybridized carbons (Fsp3) is 0.211. The molecule has 196 valence electrons. The normalized spacial score (nSPS) is 21.3. The maximum atomic E-state index is 4.90. The first-order valence-electron chi connectivity index (χ1n) is 14.4.